The first-order valence-corrected chi connectivity index (χ1v) is 8.04. The summed E-state index contributed by atoms with van der Waals surface area (Å²) in [6, 6.07) is 4.38. The third-order valence-electron chi connectivity index (χ3n) is 4.25. The maximum Gasteiger partial charge on any atom is 0.416 e. The number of rotatable bonds is 6. The topological polar surface area (TPSA) is 49.4 Å². The molecule has 0 aliphatic carbocycles. The number of alkyl halides is 3. The Morgan fingerprint density at radius 2 is 1.67 bits per heavy atom. The Hall–Kier alpha value is -2.05. The number of amides is 3. The van der Waals surface area contributed by atoms with Crippen molar-refractivity contribution < 1.29 is 22.8 Å². The second-order valence-electron chi connectivity index (χ2n) is 6.06. The highest BCUT2D eigenvalue weighted by Gasteiger charge is 2.50. The van der Waals surface area contributed by atoms with Crippen LogP contribution < -0.4 is 5.32 Å². The van der Waals surface area contributed by atoms with Gasteiger partial charge in [0.1, 0.15) is 5.54 Å². The molecule has 2 rings (SSSR count). The van der Waals surface area contributed by atoms with Crippen LogP contribution in [0.5, 0.6) is 0 Å². The van der Waals surface area contributed by atoms with Crippen LogP contribution in [-0.2, 0) is 17.5 Å². The van der Waals surface area contributed by atoms with Crippen molar-refractivity contribution in [2.75, 3.05) is 0 Å². The molecule has 3 amide bonds. The summed E-state index contributed by atoms with van der Waals surface area (Å²) in [4.78, 5) is 25.9. The molecule has 0 spiro atoms. The van der Waals surface area contributed by atoms with Gasteiger partial charge in [0.15, 0.2) is 0 Å². The van der Waals surface area contributed by atoms with Gasteiger partial charge >= 0.3 is 12.2 Å². The molecule has 7 heteroatoms. The van der Waals surface area contributed by atoms with E-state index in [1.54, 1.807) is 0 Å². The van der Waals surface area contributed by atoms with Crippen molar-refractivity contribution in [2.24, 2.45) is 0 Å². The van der Waals surface area contributed by atoms with Crippen LogP contribution in [0.15, 0.2) is 24.3 Å². The van der Waals surface area contributed by atoms with E-state index in [1.165, 1.54) is 18.2 Å². The van der Waals surface area contributed by atoms with E-state index in [-0.39, 0.29) is 12.1 Å². The van der Waals surface area contributed by atoms with Crippen LogP contribution in [0.4, 0.5) is 18.0 Å². The first-order chi connectivity index (χ1) is 11.2. The number of nitrogens with one attached hydrogen (secondary N) is 1. The molecular formula is C17H21F3N2O2. The molecule has 1 fully saturated rings. The molecule has 0 atom stereocenters. The Labute approximate surface area is 139 Å². The second-order valence-corrected chi connectivity index (χ2v) is 6.06. The van der Waals surface area contributed by atoms with Crippen LogP contribution in [0, 0.1) is 0 Å². The lowest BCUT2D eigenvalue weighted by atomic mass is 9.88. The van der Waals surface area contributed by atoms with E-state index in [4.69, 9.17) is 0 Å². The van der Waals surface area contributed by atoms with Gasteiger partial charge in [0, 0.05) is 0 Å². The minimum Gasteiger partial charge on any atom is -0.323 e. The van der Waals surface area contributed by atoms with E-state index >= 15 is 0 Å². The van der Waals surface area contributed by atoms with Gasteiger partial charge in [0.05, 0.1) is 12.1 Å². The molecule has 1 aromatic rings. The summed E-state index contributed by atoms with van der Waals surface area (Å²) in [6.07, 6.45) is -2.19. The van der Waals surface area contributed by atoms with Gasteiger partial charge < -0.3 is 5.32 Å². The van der Waals surface area contributed by atoms with Gasteiger partial charge in [0.2, 0.25) is 0 Å². The zero-order valence-electron chi connectivity index (χ0n) is 13.7. The van der Waals surface area contributed by atoms with Crippen molar-refractivity contribution >= 4 is 11.9 Å². The van der Waals surface area contributed by atoms with Gasteiger partial charge in [-0.1, -0.05) is 44.9 Å². The number of nitrogens with zero attached hydrogens (tertiary/aromatic N) is 1. The molecule has 1 aromatic carbocycles. The minimum atomic E-state index is -4.53. The molecule has 1 heterocycles. The zero-order valence-corrected chi connectivity index (χ0v) is 13.7. The average Bonchev–Trinajstić information content (AvgIpc) is 2.72. The number of hydrogen-bond donors (Lipinski definition) is 1. The fraction of sp³-hybridized carbons (Fsp3) is 0.529. The highest BCUT2D eigenvalue weighted by molar-refractivity contribution is 6.07. The Morgan fingerprint density at radius 1 is 1.08 bits per heavy atom. The molecule has 0 unspecified atom stereocenters. The maximum absolute atomic E-state index is 13.1. The highest BCUT2D eigenvalue weighted by Crippen LogP contribution is 2.34. The summed E-state index contributed by atoms with van der Waals surface area (Å²) >= 11 is 0. The number of hydrogen-bond acceptors (Lipinski definition) is 2. The third kappa shape index (κ3) is 3.39. The van der Waals surface area contributed by atoms with E-state index < -0.39 is 29.2 Å². The number of carbonyl (C=O) groups is 2. The number of benzene rings is 1. The van der Waals surface area contributed by atoms with Gasteiger partial charge in [-0.25, -0.2) is 4.79 Å². The standard InChI is InChI=1S/C17H21F3N2O2/c1-3-9-16(10-4-2)14(23)22(15(24)21-16)11-12-7-5-6-8-13(12)17(18,19)20/h5-8H,3-4,9-11H2,1-2H3,(H,21,24). The first-order valence-electron chi connectivity index (χ1n) is 8.04. The Balaban J connectivity index is 2.31. The summed E-state index contributed by atoms with van der Waals surface area (Å²) in [6.45, 7) is 3.42. The van der Waals surface area contributed by atoms with Crippen molar-refractivity contribution in [3.05, 3.63) is 35.4 Å². The molecule has 1 N–H and O–H groups in total. The minimum absolute atomic E-state index is 0.0858. The van der Waals surface area contributed by atoms with Crippen LogP contribution in [-0.4, -0.2) is 22.4 Å². The second kappa shape index (κ2) is 6.83. The van der Waals surface area contributed by atoms with E-state index in [0.29, 0.717) is 25.7 Å². The summed E-state index contributed by atoms with van der Waals surface area (Å²) in [5.41, 5.74) is -1.90. The van der Waals surface area contributed by atoms with E-state index in [0.717, 1.165) is 11.0 Å². The van der Waals surface area contributed by atoms with Gasteiger partial charge in [-0.2, -0.15) is 13.2 Å². The number of halogens is 3. The summed E-state index contributed by atoms with van der Waals surface area (Å²) in [5, 5.41) is 2.70. The lowest BCUT2D eigenvalue weighted by molar-refractivity contribution is -0.139. The maximum atomic E-state index is 13.1. The Morgan fingerprint density at radius 3 is 2.21 bits per heavy atom. The molecule has 4 nitrogen and oxygen atoms in total. The van der Waals surface area contributed by atoms with Crippen molar-refractivity contribution in [1.82, 2.24) is 10.2 Å². The smallest absolute Gasteiger partial charge is 0.323 e. The van der Waals surface area contributed by atoms with Crippen LogP contribution in [0.1, 0.15) is 50.7 Å². The van der Waals surface area contributed by atoms with E-state index in [1.807, 2.05) is 13.8 Å². The Kier molecular flexibility index (Phi) is 5.20. The first kappa shape index (κ1) is 18.3. The number of imide groups is 1. The summed E-state index contributed by atoms with van der Waals surface area (Å²) in [7, 11) is 0. The lowest BCUT2D eigenvalue weighted by Gasteiger charge is -2.26. The zero-order chi connectivity index (χ0) is 18.0. The van der Waals surface area contributed by atoms with Crippen molar-refractivity contribution in [3.8, 4) is 0 Å². The molecular weight excluding hydrogens is 321 g/mol. The average molecular weight is 342 g/mol. The Bertz CT molecular complexity index is 623. The van der Waals surface area contributed by atoms with Crippen molar-refractivity contribution in [2.45, 2.75) is 57.8 Å². The molecule has 132 valence electrons. The van der Waals surface area contributed by atoms with E-state index in [9.17, 15) is 22.8 Å². The summed E-state index contributed by atoms with van der Waals surface area (Å²) < 4.78 is 39.3. The van der Waals surface area contributed by atoms with E-state index in [2.05, 4.69) is 5.32 Å². The fourth-order valence-corrected chi connectivity index (χ4v) is 3.24. The molecule has 1 aliphatic rings. The van der Waals surface area contributed by atoms with Gasteiger partial charge in [0.25, 0.3) is 5.91 Å². The van der Waals surface area contributed by atoms with Crippen molar-refractivity contribution in [3.63, 3.8) is 0 Å². The SMILES string of the molecule is CCCC1(CCC)NC(=O)N(Cc2ccccc2C(F)(F)F)C1=O. The third-order valence-corrected chi connectivity index (χ3v) is 4.25. The quantitative estimate of drug-likeness (QED) is 0.792. The van der Waals surface area contributed by atoms with Gasteiger partial charge in [-0.05, 0) is 24.5 Å². The number of urea groups is 1. The van der Waals surface area contributed by atoms with Crippen molar-refractivity contribution in [1.29, 1.82) is 0 Å². The molecule has 24 heavy (non-hydrogen) atoms. The van der Waals surface area contributed by atoms with Crippen LogP contribution >= 0.6 is 0 Å². The molecule has 0 radical (unpaired) electrons. The molecule has 0 saturated carbocycles. The van der Waals surface area contributed by atoms with Gasteiger partial charge in [-0.3, -0.25) is 9.69 Å². The number of carbonyl (C=O) groups excluding carboxylic acids is 2. The molecule has 0 bridgehead atoms. The molecule has 1 aliphatic heterocycles. The predicted octanol–water partition coefficient (Wildman–Crippen LogP) is 4.10. The van der Waals surface area contributed by atoms with Crippen LogP contribution in [0.3, 0.4) is 0 Å². The van der Waals surface area contributed by atoms with Crippen LogP contribution in [0.2, 0.25) is 0 Å². The highest BCUT2D eigenvalue weighted by atomic mass is 19.4. The monoisotopic (exact) mass is 342 g/mol. The van der Waals surface area contributed by atoms with Gasteiger partial charge in [-0.15, -0.1) is 0 Å². The lowest BCUT2D eigenvalue weighted by Crippen LogP contribution is -2.46. The predicted molar refractivity (Wildman–Crippen MR) is 83.1 cm³/mol. The fourth-order valence-electron chi connectivity index (χ4n) is 3.24. The largest absolute Gasteiger partial charge is 0.416 e. The normalized spacial score (nSPS) is 17.3. The van der Waals surface area contributed by atoms with Crippen LogP contribution in [0.25, 0.3) is 0 Å². The summed E-state index contributed by atoms with van der Waals surface area (Å²) in [5.74, 6) is -0.437. The molecule has 1 saturated heterocycles. The molecule has 0 aromatic heterocycles.